The molecule has 1 atom stereocenters. The molecule has 0 radical (unpaired) electrons. The third-order valence-corrected chi connectivity index (χ3v) is 3.65. The fourth-order valence-electron chi connectivity index (χ4n) is 1.97. The predicted octanol–water partition coefficient (Wildman–Crippen LogP) is 3.37. The van der Waals surface area contributed by atoms with Crippen LogP contribution in [0.4, 0.5) is 11.4 Å². The smallest absolute Gasteiger partial charge is 0.0424 e. The molecule has 0 fully saturated rings. The molecule has 0 aliphatic heterocycles. The maximum absolute atomic E-state index is 5.96. The van der Waals surface area contributed by atoms with E-state index in [4.69, 9.17) is 5.73 Å². The Morgan fingerprint density at radius 1 is 1.33 bits per heavy atom. The molecule has 0 amide bonds. The number of nitrogens with two attached hydrogens (primary N) is 1. The monoisotopic (exact) mass is 261 g/mol. The fourth-order valence-corrected chi connectivity index (χ4v) is 2.56. The van der Waals surface area contributed by atoms with E-state index in [0.29, 0.717) is 6.04 Å². The summed E-state index contributed by atoms with van der Waals surface area (Å²) in [5, 5.41) is 5.70. The minimum absolute atomic E-state index is 0.456. The highest BCUT2D eigenvalue weighted by Gasteiger charge is 2.07. The summed E-state index contributed by atoms with van der Waals surface area (Å²) in [7, 11) is 0. The molecule has 2 rings (SSSR count). The Hall–Kier alpha value is -1.42. The van der Waals surface area contributed by atoms with Gasteiger partial charge in [-0.2, -0.15) is 11.8 Å². The van der Waals surface area contributed by atoms with E-state index in [0.717, 1.165) is 28.6 Å². The zero-order chi connectivity index (χ0) is 13.0. The van der Waals surface area contributed by atoms with Crippen molar-refractivity contribution in [3.05, 3.63) is 30.6 Å². The number of aromatic nitrogens is 1. The van der Waals surface area contributed by atoms with E-state index in [1.807, 2.05) is 36.2 Å². The first-order valence-corrected chi connectivity index (χ1v) is 7.49. The van der Waals surface area contributed by atoms with Crippen LogP contribution in [-0.4, -0.2) is 23.0 Å². The van der Waals surface area contributed by atoms with E-state index in [1.165, 1.54) is 5.75 Å². The molecular formula is C14H19N3S. The topological polar surface area (TPSA) is 50.9 Å². The Bertz CT molecular complexity index is 527. The van der Waals surface area contributed by atoms with Crippen LogP contribution in [0.2, 0.25) is 0 Å². The number of rotatable bonds is 5. The summed E-state index contributed by atoms with van der Waals surface area (Å²) >= 11 is 1.88. The Kier molecular flexibility index (Phi) is 4.31. The molecule has 0 saturated heterocycles. The van der Waals surface area contributed by atoms with Crippen molar-refractivity contribution in [2.24, 2.45) is 0 Å². The van der Waals surface area contributed by atoms with Crippen LogP contribution in [0.1, 0.15) is 13.3 Å². The molecule has 3 nitrogen and oxygen atoms in total. The second-order valence-corrected chi connectivity index (χ2v) is 5.44. The molecule has 0 spiro atoms. The zero-order valence-electron chi connectivity index (χ0n) is 10.8. The highest BCUT2D eigenvalue weighted by molar-refractivity contribution is 7.98. The Morgan fingerprint density at radius 2 is 2.17 bits per heavy atom. The molecule has 96 valence electrons. The number of hydrogen-bond donors (Lipinski definition) is 2. The van der Waals surface area contributed by atoms with Crippen molar-refractivity contribution in [1.82, 2.24) is 4.98 Å². The summed E-state index contributed by atoms with van der Waals surface area (Å²) in [4.78, 5) is 4.13. The van der Waals surface area contributed by atoms with Gasteiger partial charge in [-0.05, 0) is 43.6 Å². The van der Waals surface area contributed by atoms with E-state index >= 15 is 0 Å². The molecule has 18 heavy (non-hydrogen) atoms. The number of hydrogen-bond acceptors (Lipinski definition) is 4. The van der Waals surface area contributed by atoms with Crippen molar-refractivity contribution in [2.45, 2.75) is 19.4 Å². The minimum Gasteiger partial charge on any atom is -0.398 e. The van der Waals surface area contributed by atoms with E-state index in [2.05, 4.69) is 23.5 Å². The quantitative estimate of drug-likeness (QED) is 0.810. The summed E-state index contributed by atoms with van der Waals surface area (Å²) in [5.41, 5.74) is 7.88. The average molecular weight is 261 g/mol. The first-order valence-electron chi connectivity index (χ1n) is 6.10. The van der Waals surface area contributed by atoms with Gasteiger partial charge in [0.2, 0.25) is 0 Å². The SMILES string of the molecule is CSCCC(C)Nc1ccc(N)c2cnccc12. The summed E-state index contributed by atoms with van der Waals surface area (Å²) in [6.07, 6.45) is 6.91. The Labute approximate surface area is 112 Å². The molecule has 2 aromatic rings. The molecule has 1 unspecified atom stereocenters. The van der Waals surface area contributed by atoms with Gasteiger partial charge in [0.15, 0.2) is 0 Å². The third-order valence-electron chi connectivity index (χ3n) is 3.01. The lowest BCUT2D eigenvalue weighted by Crippen LogP contribution is -2.16. The minimum atomic E-state index is 0.456. The molecule has 1 aromatic heterocycles. The van der Waals surface area contributed by atoms with Crippen LogP contribution in [0.25, 0.3) is 10.8 Å². The molecule has 0 aliphatic carbocycles. The fraction of sp³-hybridized carbons (Fsp3) is 0.357. The number of thioether (sulfide) groups is 1. The molecule has 1 heterocycles. The second-order valence-electron chi connectivity index (χ2n) is 4.45. The van der Waals surface area contributed by atoms with Crippen LogP contribution in [0, 0.1) is 0 Å². The number of fused-ring (bicyclic) bond motifs is 1. The maximum Gasteiger partial charge on any atom is 0.0424 e. The zero-order valence-corrected chi connectivity index (χ0v) is 11.6. The van der Waals surface area contributed by atoms with Crippen molar-refractivity contribution in [2.75, 3.05) is 23.1 Å². The van der Waals surface area contributed by atoms with Crippen LogP contribution < -0.4 is 11.1 Å². The van der Waals surface area contributed by atoms with Crippen molar-refractivity contribution >= 4 is 33.9 Å². The lowest BCUT2D eigenvalue weighted by molar-refractivity contribution is 0.773. The van der Waals surface area contributed by atoms with Crippen LogP contribution in [0.5, 0.6) is 0 Å². The Balaban J connectivity index is 2.26. The third kappa shape index (κ3) is 2.88. The van der Waals surface area contributed by atoms with Gasteiger partial charge in [0.1, 0.15) is 0 Å². The Morgan fingerprint density at radius 3 is 2.94 bits per heavy atom. The highest BCUT2D eigenvalue weighted by atomic mass is 32.2. The maximum atomic E-state index is 5.96. The van der Waals surface area contributed by atoms with Crippen LogP contribution in [-0.2, 0) is 0 Å². The van der Waals surface area contributed by atoms with Gasteiger partial charge in [-0.25, -0.2) is 0 Å². The van der Waals surface area contributed by atoms with Crippen molar-refractivity contribution in [3.8, 4) is 0 Å². The van der Waals surface area contributed by atoms with Gasteiger partial charge in [0.25, 0.3) is 0 Å². The van der Waals surface area contributed by atoms with Crippen LogP contribution >= 0.6 is 11.8 Å². The molecule has 0 aliphatic rings. The summed E-state index contributed by atoms with van der Waals surface area (Å²) < 4.78 is 0. The molecule has 0 bridgehead atoms. The molecule has 0 saturated carbocycles. The number of anilines is 2. The number of nitrogen functional groups attached to an aromatic ring is 1. The molecule has 3 N–H and O–H groups in total. The summed E-state index contributed by atoms with van der Waals surface area (Å²) in [6, 6.07) is 6.45. The number of nitrogens with one attached hydrogen (secondary N) is 1. The number of nitrogens with zero attached hydrogens (tertiary/aromatic N) is 1. The van der Waals surface area contributed by atoms with Gasteiger partial charge in [-0.3, -0.25) is 4.98 Å². The van der Waals surface area contributed by atoms with Crippen molar-refractivity contribution in [1.29, 1.82) is 0 Å². The summed E-state index contributed by atoms with van der Waals surface area (Å²) in [5.74, 6) is 1.17. The first-order chi connectivity index (χ1) is 8.72. The highest BCUT2D eigenvalue weighted by Crippen LogP contribution is 2.28. The van der Waals surface area contributed by atoms with E-state index in [9.17, 15) is 0 Å². The van der Waals surface area contributed by atoms with E-state index in [-0.39, 0.29) is 0 Å². The molecular weight excluding hydrogens is 242 g/mol. The van der Waals surface area contributed by atoms with Gasteiger partial charge < -0.3 is 11.1 Å². The molecule has 4 heteroatoms. The van der Waals surface area contributed by atoms with E-state index < -0.39 is 0 Å². The first kappa shape index (κ1) is 13.0. The predicted molar refractivity (Wildman–Crippen MR) is 82.2 cm³/mol. The average Bonchev–Trinajstić information content (AvgIpc) is 2.40. The van der Waals surface area contributed by atoms with Crippen LogP contribution in [0.3, 0.4) is 0 Å². The van der Waals surface area contributed by atoms with E-state index in [1.54, 1.807) is 6.20 Å². The van der Waals surface area contributed by atoms with Gasteiger partial charge >= 0.3 is 0 Å². The van der Waals surface area contributed by atoms with Crippen molar-refractivity contribution < 1.29 is 0 Å². The standard InChI is InChI=1S/C14H19N3S/c1-10(6-8-18-2)17-14-4-3-13(15)12-9-16-7-5-11(12)14/h3-5,7,9-10,17H,6,8,15H2,1-2H3. The summed E-state index contributed by atoms with van der Waals surface area (Å²) in [6.45, 7) is 2.21. The number of benzene rings is 1. The largest absolute Gasteiger partial charge is 0.398 e. The lowest BCUT2D eigenvalue weighted by Gasteiger charge is -2.17. The van der Waals surface area contributed by atoms with Crippen LogP contribution in [0.15, 0.2) is 30.6 Å². The normalized spacial score (nSPS) is 12.6. The lowest BCUT2D eigenvalue weighted by atomic mass is 10.1. The van der Waals surface area contributed by atoms with Crippen molar-refractivity contribution in [3.63, 3.8) is 0 Å². The van der Waals surface area contributed by atoms with Gasteiger partial charge in [-0.1, -0.05) is 0 Å². The van der Waals surface area contributed by atoms with Gasteiger partial charge in [0.05, 0.1) is 0 Å². The molecule has 1 aromatic carbocycles. The number of pyridine rings is 1. The van der Waals surface area contributed by atoms with Gasteiger partial charge in [-0.15, -0.1) is 0 Å². The second kappa shape index (κ2) is 5.96. The van der Waals surface area contributed by atoms with Gasteiger partial charge in [0, 0.05) is 40.6 Å².